The van der Waals surface area contributed by atoms with Crippen LogP contribution in [0.15, 0.2) is 49.2 Å². The maximum Gasteiger partial charge on any atom is 0.278 e. The molecule has 0 N–H and O–H groups in total. The van der Waals surface area contributed by atoms with Crippen molar-refractivity contribution in [2.45, 2.75) is 0 Å². The minimum absolute atomic E-state index is 0.169. The Morgan fingerprint density at radius 1 is 1.15 bits per heavy atom. The highest BCUT2D eigenvalue weighted by Crippen LogP contribution is 2.10. The van der Waals surface area contributed by atoms with Gasteiger partial charge in [-0.25, -0.2) is 4.68 Å². The molecule has 20 heavy (non-hydrogen) atoms. The second-order valence-corrected chi connectivity index (χ2v) is 4.46. The molecule has 0 aliphatic heterocycles. The molecule has 0 aliphatic carbocycles. The maximum absolute atomic E-state index is 12.2. The van der Waals surface area contributed by atoms with Gasteiger partial charge in [0.15, 0.2) is 11.6 Å². The smallest absolute Gasteiger partial charge is 0.278 e. The molecule has 0 spiro atoms. The number of nitrogens with zero attached hydrogens (tertiary/aromatic N) is 3. The highest BCUT2D eigenvalue weighted by molar-refractivity contribution is 6.05. The molecule has 0 unspecified atom stereocenters. The fourth-order valence-electron chi connectivity index (χ4n) is 1.69. The molecular formula is C15H15N3O2. The monoisotopic (exact) mass is 269 g/mol. The zero-order valence-corrected chi connectivity index (χ0v) is 11.4. The van der Waals surface area contributed by atoms with Crippen LogP contribution < -0.4 is 4.90 Å². The van der Waals surface area contributed by atoms with E-state index in [-0.39, 0.29) is 11.7 Å². The van der Waals surface area contributed by atoms with Crippen LogP contribution in [0, 0.1) is 0 Å². The summed E-state index contributed by atoms with van der Waals surface area (Å²) in [6.07, 6.45) is 2.86. The van der Waals surface area contributed by atoms with Crippen LogP contribution in [0.25, 0.3) is 0 Å². The summed E-state index contributed by atoms with van der Waals surface area (Å²) in [7, 11) is 3.71. The Bertz CT molecular complexity index is 654. The number of benzene rings is 1. The fraction of sp³-hybridized carbons (Fsp3) is 0.133. The standard InChI is InChI=1S/C15H15N3O2/c1-4-13(19)11-5-7-12(8-6-11)15(20)18-10-9-14(16-18)17(2)3/h4-10H,1H2,2-3H3. The van der Waals surface area contributed by atoms with Gasteiger partial charge in [-0.15, -0.1) is 5.10 Å². The first-order valence-corrected chi connectivity index (χ1v) is 6.07. The molecule has 0 aliphatic rings. The predicted molar refractivity (Wildman–Crippen MR) is 77.3 cm³/mol. The molecule has 5 nitrogen and oxygen atoms in total. The molecule has 2 rings (SSSR count). The van der Waals surface area contributed by atoms with Crippen LogP contribution in [0.1, 0.15) is 20.7 Å². The third-order valence-electron chi connectivity index (χ3n) is 2.84. The Morgan fingerprint density at radius 3 is 2.25 bits per heavy atom. The molecule has 1 aromatic carbocycles. The van der Waals surface area contributed by atoms with Crippen LogP contribution in [0.5, 0.6) is 0 Å². The molecule has 1 heterocycles. The Balaban J connectivity index is 2.24. The van der Waals surface area contributed by atoms with E-state index in [1.165, 1.54) is 10.8 Å². The van der Waals surface area contributed by atoms with Gasteiger partial charge in [0, 0.05) is 37.5 Å². The van der Waals surface area contributed by atoms with Gasteiger partial charge in [-0.2, -0.15) is 0 Å². The lowest BCUT2D eigenvalue weighted by atomic mass is 10.1. The average molecular weight is 269 g/mol. The van der Waals surface area contributed by atoms with Crippen molar-refractivity contribution < 1.29 is 9.59 Å². The van der Waals surface area contributed by atoms with Crippen LogP contribution in [-0.2, 0) is 0 Å². The highest BCUT2D eigenvalue weighted by Gasteiger charge is 2.11. The molecule has 2 aromatic rings. The topological polar surface area (TPSA) is 55.2 Å². The number of carbonyl (C=O) groups is 2. The number of rotatable bonds is 4. The number of aromatic nitrogens is 2. The SMILES string of the molecule is C=CC(=O)c1ccc(C(=O)n2ccc(N(C)C)n2)cc1. The third kappa shape index (κ3) is 2.66. The van der Waals surface area contributed by atoms with E-state index in [1.807, 2.05) is 19.0 Å². The van der Waals surface area contributed by atoms with E-state index in [0.717, 1.165) is 0 Å². The number of hydrogen-bond donors (Lipinski definition) is 0. The molecular weight excluding hydrogens is 254 g/mol. The third-order valence-corrected chi connectivity index (χ3v) is 2.84. The quantitative estimate of drug-likeness (QED) is 0.629. The molecule has 0 radical (unpaired) electrons. The van der Waals surface area contributed by atoms with Gasteiger partial charge in [0.05, 0.1) is 0 Å². The van der Waals surface area contributed by atoms with Crippen molar-refractivity contribution in [1.29, 1.82) is 0 Å². The number of carbonyl (C=O) groups excluding carboxylic acids is 2. The van der Waals surface area contributed by atoms with Crippen molar-refractivity contribution >= 4 is 17.5 Å². The highest BCUT2D eigenvalue weighted by atomic mass is 16.2. The van der Waals surface area contributed by atoms with Crippen LogP contribution in [0.4, 0.5) is 5.82 Å². The van der Waals surface area contributed by atoms with Gasteiger partial charge < -0.3 is 4.90 Å². The minimum Gasteiger partial charge on any atom is -0.361 e. The van der Waals surface area contributed by atoms with Crippen molar-refractivity contribution in [3.8, 4) is 0 Å². The van der Waals surface area contributed by atoms with E-state index in [9.17, 15) is 9.59 Å². The van der Waals surface area contributed by atoms with Gasteiger partial charge in [0.1, 0.15) is 0 Å². The van der Waals surface area contributed by atoms with Crippen molar-refractivity contribution in [3.63, 3.8) is 0 Å². The number of anilines is 1. The van der Waals surface area contributed by atoms with Crippen LogP contribution in [0.2, 0.25) is 0 Å². The van der Waals surface area contributed by atoms with Gasteiger partial charge >= 0.3 is 0 Å². The summed E-state index contributed by atoms with van der Waals surface area (Å²) in [5.74, 6) is 0.297. The van der Waals surface area contributed by atoms with Crippen molar-refractivity contribution in [3.05, 3.63) is 60.3 Å². The molecule has 102 valence electrons. The van der Waals surface area contributed by atoms with Gasteiger partial charge in [-0.05, 0) is 18.2 Å². The zero-order chi connectivity index (χ0) is 14.7. The lowest BCUT2D eigenvalue weighted by Crippen LogP contribution is -2.15. The van der Waals surface area contributed by atoms with E-state index >= 15 is 0 Å². The summed E-state index contributed by atoms with van der Waals surface area (Å²) in [6, 6.07) is 8.18. The summed E-state index contributed by atoms with van der Waals surface area (Å²) in [5.41, 5.74) is 0.977. The number of hydrogen-bond acceptors (Lipinski definition) is 4. The van der Waals surface area contributed by atoms with Crippen LogP contribution in [-0.4, -0.2) is 35.6 Å². The van der Waals surface area contributed by atoms with Gasteiger partial charge in [-0.3, -0.25) is 9.59 Å². The van der Waals surface area contributed by atoms with E-state index < -0.39 is 0 Å². The summed E-state index contributed by atoms with van der Waals surface area (Å²) < 4.78 is 1.28. The van der Waals surface area contributed by atoms with E-state index in [1.54, 1.807) is 36.5 Å². The van der Waals surface area contributed by atoms with Crippen molar-refractivity contribution in [2.24, 2.45) is 0 Å². The van der Waals surface area contributed by atoms with Crippen molar-refractivity contribution in [2.75, 3.05) is 19.0 Å². The second kappa shape index (κ2) is 5.52. The van der Waals surface area contributed by atoms with Crippen LogP contribution in [0.3, 0.4) is 0 Å². The summed E-state index contributed by atoms with van der Waals surface area (Å²) >= 11 is 0. The molecule has 0 atom stereocenters. The Hall–Kier alpha value is -2.69. The second-order valence-electron chi connectivity index (χ2n) is 4.46. The zero-order valence-electron chi connectivity index (χ0n) is 11.4. The maximum atomic E-state index is 12.2. The Kier molecular flexibility index (Phi) is 3.79. The van der Waals surface area contributed by atoms with Crippen molar-refractivity contribution in [1.82, 2.24) is 9.78 Å². The minimum atomic E-state index is -0.240. The van der Waals surface area contributed by atoms with Gasteiger partial charge in [0.2, 0.25) is 0 Å². The Morgan fingerprint density at radius 2 is 1.75 bits per heavy atom. The van der Waals surface area contributed by atoms with E-state index in [4.69, 9.17) is 0 Å². The van der Waals surface area contributed by atoms with Crippen LogP contribution >= 0.6 is 0 Å². The summed E-state index contributed by atoms with van der Waals surface area (Å²) in [5, 5.41) is 4.17. The first kappa shape index (κ1) is 13.7. The molecule has 5 heteroatoms. The average Bonchev–Trinajstić information content (AvgIpc) is 2.96. The van der Waals surface area contributed by atoms with Gasteiger partial charge in [0.25, 0.3) is 5.91 Å². The lowest BCUT2D eigenvalue weighted by Gasteiger charge is -2.06. The fourth-order valence-corrected chi connectivity index (χ4v) is 1.69. The normalized spacial score (nSPS) is 10.1. The molecule has 0 saturated carbocycles. The lowest BCUT2D eigenvalue weighted by molar-refractivity contribution is 0.0944. The largest absolute Gasteiger partial charge is 0.361 e. The molecule has 0 saturated heterocycles. The molecule has 0 amide bonds. The molecule has 0 fully saturated rings. The van der Waals surface area contributed by atoms with E-state index in [2.05, 4.69) is 11.7 Å². The Labute approximate surface area is 117 Å². The van der Waals surface area contributed by atoms with E-state index in [0.29, 0.717) is 16.9 Å². The number of allylic oxidation sites excluding steroid dienone is 1. The molecule has 1 aromatic heterocycles. The molecule has 0 bridgehead atoms. The summed E-state index contributed by atoms with van der Waals surface area (Å²) in [6.45, 7) is 3.43. The predicted octanol–water partition coefficient (Wildman–Crippen LogP) is 2.01. The first-order chi connectivity index (χ1) is 9.52. The van der Waals surface area contributed by atoms with Gasteiger partial charge in [-0.1, -0.05) is 18.7 Å². The number of ketones is 1. The first-order valence-electron chi connectivity index (χ1n) is 6.07. The summed E-state index contributed by atoms with van der Waals surface area (Å²) in [4.78, 5) is 25.4.